The van der Waals surface area contributed by atoms with E-state index in [2.05, 4.69) is 31.4 Å². The van der Waals surface area contributed by atoms with E-state index in [-0.39, 0.29) is 6.04 Å². The molecule has 2 N–H and O–H groups in total. The fourth-order valence-corrected chi connectivity index (χ4v) is 3.62. The molecular weight excluding hydrogens is 208 g/mol. The first-order valence-corrected chi connectivity index (χ1v) is 6.94. The fourth-order valence-electron chi connectivity index (χ4n) is 3.62. The Morgan fingerprint density at radius 1 is 1.35 bits per heavy atom. The average Bonchev–Trinajstić information content (AvgIpc) is 2.41. The Hall–Kier alpha value is -0.760. The van der Waals surface area contributed by atoms with Crippen LogP contribution in [0.3, 0.4) is 0 Å². The normalized spacial score (nSPS) is 27.6. The molecule has 2 nitrogen and oxygen atoms in total. The first kappa shape index (κ1) is 11.3. The zero-order chi connectivity index (χ0) is 12.2. The van der Waals surface area contributed by atoms with Crippen LogP contribution in [-0.2, 0) is 6.42 Å². The molecule has 1 atom stereocenters. The molecule has 1 aromatic rings. The second kappa shape index (κ2) is 3.61. The highest BCUT2D eigenvalue weighted by molar-refractivity contribution is 5.34. The van der Waals surface area contributed by atoms with Crippen LogP contribution in [0.5, 0.6) is 0 Å². The largest absolute Gasteiger partial charge is 0.346 e. The average molecular weight is 232 g/mol. The van der Waals surface area contributed by atoms with Crippen LogP contribution >= 0.6 is 0 Å². The van der Waals surface area contributed by atoms with Crippen LogP contribution in [0.25, 0.3) is 0 Å². The van der Waals surface area contributed by atoms with Gasteiger partial charge in [0.15, 0.2) is 0 Å². The number of fused-ring (bicyclic) bond motifs is 1. The van der Waals surface area contributed by atoms with Crippen molar-refractivity contribution in [2.45, 2.75) is 65.0 Å². The van der Waals surface area contributed by atoms with Crippen LogP contribution < -0.4 is 5.73 Å². The SMILES string of the molecule is Cc1cc2c(n1C1CCC1)CC(C)(C)CC2N. The van der Waals surface area contributed by atoms with E-state index in [0.29, 0.717) is 5.41 Å². The molecule has 0 spiro atoms. The van der Waals surface area contributed by atoms with Gasteiger partial charge in [-0.1, -0.05) is 13.8 Å². The summed E-state index contributed by atoms with van der Waals surface area (Å²) in [4.78, 5) is 0. The van der Waals surface area contributed by atoms with E-state index >= 15 is 0 Å². The second-order valence-corrected chi connectivity index (χ2v) is 6.79. The molecule has 1 saturated carbocycles. The highest BCUT2D eigenvalue weighted by atomic mass is 15.0. The molecule has 3 rings (SSSR count). The summed E-state index contributed by atoms with van der Waals surface area (Å²) in [7, 11) is 0. The summed E-state index contributed by atoms with van der Waals surface area (Å²) in [5, 5.41) is 0. The van der Waals surface area contributed by atoms with Gasteiger partial charge >= 0.3 is 0 Å². The zero-order valence-electron chi connectivity index (χ0n) is 11.3. The molecule has 0 bridgehead atoms. The van der Waals surface area contributed by atoms with Gasteiger partial charge in [-0.2, -0.15) is 0 Å². The Morgan fingerprint density at radius 3 is 2.65 bits per heavy atom. The Kier molecular flexibility index (Phi) is 2.41. The van der Waals surface area contributed by atoms with Crippen molar-refractivity contribution in [1.29, 1.82) is 0 Å². The van der Waals surface area contributed by atoms with Crippen molar-refractivity contribution in [3.05, 3.63) is 23.0 Å². The summed E-state index contributed by atoms with van der Waals surface area (Å²) in [6, 6.07) is 3.35. The molecular formula is C15H24N2. The number of aromatic nitrogens is 1. The summed E-state index contributed by atoms with van der Waals surface area (Å²) in [6.07, 6.45) is 6.43. The lowest BCUT2D eigenvalue weighted by atomic mass is 9.74. The van der Waals surface area contributed by atoms with Crippen molar-refractivity contribution >= 4 is 0 Å². The van der Waals surface area contributed by atoms with Gasteiger partial charge in [0.25, 0.3) is 0 Å². The molecule has 1 aromatic heterocycles. The van der Waals surface area contributed by atoms with E-state index in [1.54, 1.807) is 0 Å². The topological polar surface area (TPSA) is 30.9 Å². The van der Waals surface area contributed by atoms with Gasteiger partial charge in [-0.3, -0.25) is 0 Å². The summed E-state index contributed by atoms with van der Waals surface area (Å²) in [6.45, 7) is 6.95. The van der Waals surface area contributed by atoms with E-state index in [9.17, 15) is 0 Å². The lowest BCUT2D eigenvalue weighted by molar-refractivity contribution is 0.251. The lowest BCUT2D eigenvalue weighted by Crippen LogP contribution is -2.32. The Bertz CT molecular complexity index is 438. The zero-order valence-corrected chi connectivity index (χ0v) is 11.3. The molecule has 2 aliphatic rings. The van der Waals surface area contributed by atoms with E-state index in [1.165, 1.54) is 42.6 Å². The fraction of sp³-hybridized carbons (Fsp3) is 0.733. The van der Waals surface area contributed by atoms with Gasteiger partial charge in [0.2, 0.25) is 0 Å². The molecule has 0 saturated heterocycles. The smallest absolute Gasteiger partial charge is 0.0336 e. The van der Waals surface area contributed by atoms with Crippen molar-refractivity contribution in [1.82, 2.24) is 4.57 Å². The van der Waals surface area contributed by atoms with Gasteiger partial charge in [0.1, 0.15) is 0 Å². The summed E-state index contributed by atoms with van der Waals surface area (Å²) in [5.74, 6) is 0. The van der Waals surface area contributed by atoms with Crippen LogP contribution in [0.1, 0.15) is 68.6 Å². The number of hydrogen-bond acceptors (Lipinski definition) is 1. The number of rotatable bonds is 1. The quantitative estimate of drug-likeness (QED) is 0.789. The van der Waals surface area contributed by atoms with Crippen LogP contribution in [0.15, 0.2) is 6.07 Å². The van der Waals surface area contributed by atoms with Crippen molar-refractivity contribution in [2.75, 3.05) is 0 Å². The van der Waals surface area contributed by atoms with Crippen molar-refractivity contribution in [3.63, 3.8) is 0 Å². The molecule has 0 radical (unpaired) electrons. The van der Waals surface area contributed by atoms with E-state index in [1.807, 2.05) is 0 Å². The van der Waals surface area contributed by atoms with Crippen LogP contribution in [0.4, 0.5) is 0 Å². The Morgan fingerprint density at radius 2 is 2.06 bits per heavy atom. The first-order valence-electron chi connectivity index (χ1n) is 6.94. The van der Waals surface area contributed by atoms with Gasteiger partial charge in [-0.25, -0.2) is 0 Å². The lowest BCUT2D eigenvalue weighted by Gasteiger charge is -2.37. The number of aryl methyl sites for hydroxylation is 1. The summed E-state index contributed by atoms with van der Waals surface area (Å²) in [5.41, 5.74) is 11.1. The molecule has 17 heavy (non-hydrogen) atoms. The number of hydrogen-bond donors (Lipinski definition) is 1. The van der Waals surface area contributed by atoms with Crippen molar-refractivity contribution in [2.24, 2.45) is 11.1 Å². The van der Waals surface area contributed by atoms with Gasteiger partial charge in [0, 0.05) is 23.5 Å². The van der Waals surface area contributed by atoms with Crippen LogP contribution in [-0.4, -0.2) is 4.57 Å². The monoisotopic (exact) mass is 232 g/mol. The van der Waals surface area contributed by atoms with Gasteiger partial charge < -0.3 is 10.3 Å². The van der Waals surface area contributed by atoms with E-state index < -0.39 is 0 Å². The Balaban J connectivity index is 2.06. The minimum absolute atomic E-state index is 0.244. The number of nitrogens with zero attached hydrogens (tertiary/aromatic N) is 1. The van der Waals surface area contributed by atoms with Gasteiger partial charge in [-0.05, 0) is 56.1 Å². The third-order valence-electron chi connectivity index (χ3n) is 4.63. The van der Waals surface area contributed by atoms with Gasteiger partial charge in [0.05, 0.1) is 0 Å². The maximum Gasteiger partial charge on any atom is 0.0336 e. The van der Waals surface area contributed by atoms with E-state index in [4.69, 9.17) is 5.73 Å². The maximum atomic E-state index is 6.35. The van der Waals surface area contributed by atoms with Crippen LogP contribution in [0, 0.1) is 12.3 Å². The molecule has 0 aromatic carbocycles. The van der Waals surface area contributed by atoms with E-state index in [0.717, 1.165) is 12.5 Å². The number of nitrogens with two attached hydrogens (primary N) is 1. The summed E-state index contributed by atoms with van der Waals surface area (Å²) < 4.78 is 2.60. The molecule has 94 valence electrons. The highest BCUT2D eigenvalue weighted by Gasteiger charge is 2.35. The highest BCUT2D eigenvalue weighted by Crippen LogP contribution is 2.44. The first-order chi connectivity index (χ1) is 7.98. The molecule has 1 unspecified atom stereocenters. The molecule has 2 heteroatoms. The predicted molar refractivity (Wildman–Crippen MR) is 71.1 cm³/mol. The predicted octanol–water partition coefficient (Wildman–Crippen LogP) is 3.49. The second-order valence-electron chi connectivity index (χ2n) is 6.79. The standard InChI is InChI=1S/C15H24N2/c1-10-7-12-13(16)8-15(2,3)9-14(12)17(10)11-5-4-6-11/h7,11,13H,4-6,8-9,16H2,1-3H3. The van der Waals surface area contributed by atoms with Crippen LogP contribution in [0.2, 0.25) is 0 Å². The maximum absolute atomic E-state index is 6.35. The Labute approximate surface area is 104 Å². The summed E-state index contributed by atoms with van der Waals surface area (Å²) >= 11 is 0. The third-order valence-corrected chi connectivity index (χ3v) is 4.63. The molecule has 0 aliphatic heterocycles. The third kappa shape index (κ3) is 1.74. The van der Waals surface area contributed by atoms with Gasteiger partial charge in [-0.15, -0.1) is 0 Å². The molecule has 2 aliphatic carbocycles. The minimum Gasteiger partial charge on any atom is -0.346 e. The molecule has 1 heterocycles. The molecule has 0 amide bonds. The van der Waals surface area contributed by atoms with Crippen molar-refractivity contribution in [3.8, 4) is 0 Å². The van der Waals surface area contributed by atoms with Crippen molar-refractivity contribution < 1.29 is 0 Å². The minimum atomic E-state index is 0.244. The molecule has 1 fully saturated rings.